The highest BCUT2D eigenvalue weighted by atomic mass is 16.6. The van der Waals surface area contributed by atoms with E-state index in [1.54, 1.807) is 4.90 Å². The van der Waals surface area contributed by atoms with Gasteiger partial charge >= 0.3 is 0 Å². The molecule has 0 radical (unpaired) electrons. The molecule has 0 bridgehead atoms. The van der Waals surface area contributed by atoms with E-state index in [2.05, 4.69) is 5.32 Å². The van der Waals surface area contributed by atoms with Gasteiger partial charge in [0.2, 0.25) is 11.8 Å². The summed E-state index contributed by atoms with van der Waals surface area (Å²) in [6, 6.07) is 11.8. The van der Waals surface area contributed by atoms with E-state index >= 15 is 0 Å². The molecule has 1 fully saturated rings. The molecular formula is C20H21N3O5. The summed E-state index contributed by atoms with van der Waals surface area (Å²) in [4.78, 5) is 37.5. The third-order valence-electron chi connectivity index (χ3n) is 4.82. The van der Waals surface area contributed by atoms with Crippen molar-refractivity contribution in [3.8, 4) is 5.75 Å². The molecule has 1 unspecified atom stereocenters. The zero-order valence-electron chi connectivity index (χ0n) is 15.7. The molecule has 1 saturated heterocycles. The summed E-state index contributed by atoms with van der Waals surface area (Å²) in [6.45, 7) is 2.25. The smallest absolute Gasteiger partial charge is 0.296 e. The van der Waals surface area contributed by atoms with Crippen molar-refractivity contribution in [2.24, 2.45) is 5.92 Å². The molecule has 0 aromatic heterocycles. The number of benzene rings is 2. The number of nitrogens with one attached hydrogen (secondary N) is 1. The number of rotatable bonds is 6. The van der Waals surface area contributed by atoms with Gasteiger partial charge in [-0.3, -0.25) is 19.7 Å². The van der Waals surface area contributed by atoms with Gasteiger partial charge in [0.1, 0.15) is 11.4 Å². The zero-order valence-corrected chi connectivity index (χ0v) is 15.7. The van der Waals surface area contributed by atoms with Crippen molar-refractivity contribution >= 4 is 28.9 Å². The summed E-state index contributed by atoms with van der Waals surface area (Å²) >= 11 is 0. The second-order valence-corrected chi connectivity index (χ2v) is 6.52. The molecule has 0 aliphatic carbocycles. The number of hydrogen-bond acceptors (Lipinski definition) is 5. The Morgan fingerprint density at radius 1 is 1.32 bits per heavy atom. The number of methoxy groups -OCH3 is 1. The summed E-state index contributed by atoms with van der Waals surface area (Å²) in [5.41, 5.74) is 1.66. The quantitative estimate of drug-likeness (QED) is 0.610. The highest BCUT2D eigenvalue weighted by molar-refractivity contribution is 6.04. The van der Waals surface area contributed by atoms with Gasteiger partial charge in [-0.05, 0) is 30.2 Å². The molecule has 1 heterocycles. The number of amides is 2. The van der Waals surface area contributed by atoms with Crippen molar-refractivity contribution in [3.05, 3.63) is 58.1 Å². The average molecular weight is 383 g/mol. The lowest BCUT2D eigenvalue weighted by Gasteiger charge is -2.20. The predicted octanol–water partition coefficient (Wildman–Crippen LogP) is 3.16. The van der Waals surface area contributed by atoms with Crippen LogP contribution in [0, 0.1) is 16.0 Å². The number of nitrogens with zero attached hydrogens (tertiary/aromatic N) is 2. The maximum Gasteiger partial charge on any atom is 0.296 e. The lowest BCUT2D eigenvalue weighted by Crippen LogP contribution is -2.28. The predicted molar refractivity (Wildman–Crippen MR) is 105 cm³/mol. The van der Waals surface area contributed by atoms with E-state index in [1.165, 1.54) is 25.3 Å². The lowest BCUT2D eigenvalue weighted by atomic mass is 10.1. The van der Waals surface area contributed by atoms with Gasteiger partial charge in [0.25, 0.3) is 5.69 Å². The lowest BCUT2D eigenvalue weighted by molar-refractivity contribution is -0.384. The van der Waals surface area contributed by atoms with Gasteiger partial charge in [-0.25, -0.2) is 0 Å². The summed E-state index contributed by atoms with van der Waals surface area (Å²) in [6.07, 6.45) is 0.836. The molecule has 8 nitrogen and oxygen atoms in total. The van der Waals surface area contributed by atoms with Crippen LogP contribution in [-0.4, -0.2) is 30.4 Å². The van der Waals surface area contributed by atoms with E-state index in [-0.39, 0.29) is 30.2 Å². The third-order valence-corrected chi connectivity index (χ3v) is 4.82. The van der Waals surface area contributed by atoms with E-state index in [1.807, 2.05) is 31.2 Å². The monoisotopic (exact) mass is 383 g/mol. The minimum absolute atomic E-state index is 0.0633. The van der Waals surface area contributed by atoms with Crippen molar-refractivity contribution in [2.75, 3.05) is 23.9 Å². The number of ether oxygens (including phenoxy) is 1. The van der Waals surface area contributed by atoms with Gasteiger partial charge in [0, 0.05) is 18.7 Å². The second-order valence-electron chi connectivity index (χ2n) is 6.52. The molecule has 1 aliphatic rings. The van der Waals surface area contributed by atoms with Crippen LogP contribution < -0.4 is 15.0 Å². The Kier molecular flexibility index (Phi) is 5.58. The van der Waals surface area contributed by atoms with Crippen molar-refractivity contribution in [2.45, 2.75) is 19.8 Å². The number of nitro groups is 1. The zero-order chi connectivity index (χ0) is 20.3. The number of carbonyl (C=O) groups excluding carboxylic acids is 2. The number of aryl methyl sites for hydroxylation is 1. The molecule has 8 heteroatoms. The summed E-state index contributed by atoms with van der Waals surface area (Å²) in [7, 11) is 1.41. The molecule has 0 spiro atoms. The standard InChI is InChI=1S/C20H21N3O5/c1-3-13-6-4-5-7-17(13)22-12-14(10-19(22)24)20(25)21-16-9-8-15(28-2)11-18(16)23(26)27/h4-9,11,14H,3,10,12H2,1-2H3,(H,21,25). The van der Waals surface area contributed by atoms with Crippen LogP contribution in [0.15, 0.2) is 42.5 Å². The summed E-state index contributed by atoms with van der Waals surface area (Å²) in [5.74, 6) is -0.814. The highest BCUT2D eigenvalue weighted by Gasteiger charge is 2.36. The fraction of sp³-hybridized carbons (Fsp3) is 0.300. The van der Waals surface area contributed by atoms with Gasteiger partial charge in [-0.2, -0.15) is 0 Å². The van der Waals surface area contributed by atoms with Crippen LogP contribution in [0.5, 0.6) is 5.75 Å². The molecule has 146 valence electrons. The van der Waals surface area contributed by atoms with Crippen molar-refractivity contribution in [3.63, 3.8) is 0 Å². The fourth-order valence-electron chi connectivity index (χ4n) is 3.32. The average Bonchev–Trinajstić information content (AvgIpc) is 3.09. The molecular weight excluding hydrogens is 362 g/mol. The van der Waals surface area contributed by atoms with Crippen LogP contribution in [0.3, 0.4) is 0 Å². The second kappa shape index (κ2) is 8.08. The fourth-order valence-corrected chi connectivity index (χ4v) is 3.32. The molecule has 1 atom stereocenters. The Morgan fingerprint density at radius 3 is 2.75 bits per heavy atom. The van der Waals surface area contributed by atoms with Crippen LogP contribution in [0.4, 0.5) is 17.1 Å². The minimum atomic E-state index is -0.584. The van der Waals surface area contributed by atoms with Crippen LogP contribution in [-0.2, 0) is 16.0 Å². The molecule has 2 aromatic carbocycles. The third kappa shape index (κ3) is 3.80. The van der Waals surface area contributed by atoms with Gasteiger partial charge in [-0.15, -0.1) is 0 Å². The van der Waals surface area contributed by atoms with E-state index < -0.39 is 16.7 Å². The Hall–Kier alpha value is -3.42. The van der Waals surface area contributed by atoms with Crippen LogP contribution in [0.25, 0.3) is 0 Å². The van der Waals surface area contributed by atoms with E-state index in [4.69, 9.17) is 4.74 Å². The SMILES string of the molecule is CCc1ccccc1N1CC(C(=O)Nc2ccc(OC)cc2[N+](=O)[O-])CC1=O. The van der Waals surface area contributed by atoms with E-state index in [0.29, 0.717) is 5.75 Å². The molecule has 3 rings (SSSR count). The van der Waals surface area contributed by atoms with Crippen LogP contribution in [0.1, 0.15) is 18.9 Å². The van der Waals surface area contributed by atoms with Crippen LogP contribution >= 0.6 is 0 Å². The van der Waals surface area contributed by atoms with Crippen molar-refractivity contribution in [1.82, 2.24) is 0 Å². The first-order chi connectivity index (χ1) is 13.4. The maximum atomic E-state index is 12.7. The Labute approximate surface area is 162 Å². The van der Waals surface area contributed by atoms with Gasteiger partial charge in [0.05, 0.1) is 24.0 Å². The molecule has 1 N–H and O–H groups in total. The largest absolute Gasteiger partial charge is 0.496 e. The molecule has 2 amide bonds. The van der Waals surface area contributed by atoms with Gasteiger partial charge in [-0.1, -0.05) is 25.1 Å². The highest BCUT2D eigenvalue weighted by Crippen LogP contribution is 2.32. The van der Waals surface area contributed by atoms with Crippen LogP contribution in [0.2, 0.25) is 0 Å². The Bertz CT molecular complexity index is 928. The summed E-state index contributed by atoms with van der Waals surface area (Å²) < 4.78 is 5.00. The number of hydrogen-bond donors (Lipinski definition) is 1. The number of para-hydroxylation sites is 1. The first-order valence-electron chi connectivity index (χ1n) is 8.96. The molecule has 0 saturated carbocycles. The molecule has 28 heavy (non-hydrogen) atoms. The molecule has 2 aromatic rings. The number of nitro benzene ring substituents is 1. The first-order valence-corrected chi connectivity index (χ1v) is 8.96. The Morgan fingerprint density at radius 2 is 2.07 bits per heavy atom. The van der Waals surface area contributed by atoms with Gasteiger partial charge < -0.3 is 15.0 Å². The van der Waals surface area contributed by atoms with Crippen molar-refractivity contribution < 1.29 is 19.2 Å². The van der Waals surface area contributed by atoms with E-state index in [9.17, 15) is 19.7 Å². The minimum Gasteiger partial charge on any atom is -0.496 e. The molecule has 1 aliphatic heterocycles. The first kappa shape index (κ1) is 19.3. The normalized spacial score (nSPS) is 16.1. The van der Waals surface area contributed by atoms with Crippen molar-refractivity contribution in [1.29, 1.82) is 0 Å². The topological polar surface area (TPSA) is 102 Å². The van der Waals surface area contributed by atoms with E-state index in [0.717, 1.165) is 17.7 Å². The number of anilines is 2. The summed E-state index contributed by atoms with van der Waals surface area (Å²) in [5, 5.41) is 13.9. The number of carbonyl (C=O) groups is 2. The maximum absolute atomic E-state index is 12.7. The van der Waals surface area contributed by atoms with Gasteiger partial charge in [0.15, 0.2) is 0 Å². The Balaban J connectivity index is 1.78.